The second kappa shape index (κ2) is 9.81. The highest BCUT2D eigenvalue weighted by atomic mass is 79.9. The van der Waals surface area contributed by atoms with Crippen molar-refractivity contribution in [3.05, 3.63) is 0 Å². The zero-order chi connectivity index (χ0) is 13.7. The molecule has 6 atom stereocenters. The van der Waals surface area contributed by atoms with E-state index in [2.05, 4.69) is 95.6 Å². The van der Waals surface area contributed by atoms with Crippen molar-refractivity contribution in [2.45, 2.75) is 67.5 Å². The molecule has 0 bridgehead atoms. The van der Waals surface area contributed by atoms with E-state index in [-0.39, 0.29) is 0 Å². The maximum Gasteiger partial charge on any atom is 0.0271 e. The van der Waals surface area contributed by atoms with Gasteiger partial charge in [-0.3, -0.25) is 0 Å². The molecule has 0 aromatic carbocycles. The zero-order valence-electron chi connectivity index (χ0n) is 9.97. The molecular weight excluding hydrogens is 624 g/mol. The number of hydrogen-bond acceptors (Lipinski definition) is 0. The highest BCUT2D eigenvalue weighted by Gasteiger charge is 2.25. The van der Waals surface area contributed by atoms with Crippen LogP contribution in [0.15, 0.2) is 0 Å². The summed E-state index contributed by atoms with van der Waals surface area (Å²) in [6, 6.07) is 0. The van der Waals surface area contributed by atoms with Gasteiger partial charge in [0.25, 0.3) is 0 Å². The highest BCUT2D eigenvalue weighted by molar-refractivity contribution is 9.13. The smallest absolute Gasteiger partial charge is 0.0271 e. The second-order valence-corrected chi connectivity index (χ2v) is 11.9. The van der Waals surface area contributed by atoms with Gasteiger partial charge in [-0.1, -0.05) is 95.6 Å². The first-order chi connectivity index (χ1) is 8.41. The molecule has 1 fully saturated rings. The van der Waals surface area contributed by atoms with Gasteiger partial charge in [-0.15, -0.1) is 0 Å². The van der Waals surface area contributed by atoms with Crippen LogP contribution in [0, 0.1) is 0 Å². The predicted molar refractivity (Wildman–Crippen MR) is 104 cm³/mol. The third-order valence-corrected chi connectivity index (χ3v) is 12.0. The van der Waals surface area contributed by atoms with Crippen molar-refractivity contribution < 1.29 is 0 Å². The SMILES string of the molecule is Br[C@@H]1CC[C@@H](Br)[C@@H](Br)CC[C@H](Br)[C@@H](Br)CC[C@@H]1Br. The molecule has 0 aliphatic heterocycles. The van der Waals surface area contributed by atoms with E-state index >= 15 is 0 Å². The number of alkyl halides is 6. The maximum absolute atomic E-state index is 3.82. The Balaban J connectivity index is 2.61. The Labute approximate surface area is 161 Å². The second-order valence-electron chi connectivity index (χ2n) is 4.83. The van der Waals surface area contributed by atoms with E-state index in [9.17, 15) is 0 Å². The highest BCUT2D eigenvalue weighted by Crippen LogP contribution is 2.34. The first-order valence-corrected chi connectivity index (χ1v) is 11.8. The molecule has 0 N–H and O–H groups in total. The van der Waals surface area contributed by atoms with E-state index in [1.54, 1.807) is 0 Å². The van der Waals surface area contributed by atoms with Crippen molar-refractivity contribution in [2.75, 3.05) is 0 Å². The monoisotopic (exact) mass is 636 g/mol. The molecule has 108 valence electrons. The van der Waals surface area contributed by atoms with Gasteiger partial charge in [0.15, 0.2) is 0 Å². The molecule has 6 heteroatoms. The molecule has 0 heterocycles. The Morgan fingerprint density at radius 2 is 0.444 bits per heavy atom. The van der Waals surface area contributed by atoms with Gasteiger partial charge in [-0.2, -0.15) is 0 Å². The van der Waals surface area contributed by atoms with Crippen molar-refractivity contribution in [3.8, 4) is 0 Å². The largest absolute Gasteiger partial charge is 0.0879 e. The lowest BCUT2D eigenvalue weighted by molar-refractivity contribution is 0.557. The molecule has 0 saturated heterocycles. The summed E-state index contributed by atoms with van der Waals surface area (Å²) in [5.74, 6) is 0. The van der Waals surface area contributed by atoms with Crippen LogP contribution in [0.1, 0.15) is 38.5 Å². The summed E-state index contributed by atoms with van der Waals surface area (Å²) in [7, 11) is 0. The van der Waals surface area contributed by atoms with E-state index < -0.39 is 0 Å². The molecular formula is C12H18Br6. The summed E-state index contributed by atoms with van der Waals surface area (Å²) in [5.41, 5.74) is 0. The van der Waals surface area contributed by atoms with Gasteiger partial charge in [-0.25, -0.2) is 0 Å². The van der Waals surface area contributed by atoms with Crippen LogP contribution in [0.2, 0.25) is 0 Å². The lowest BCUT2D eigenvalue weighted by atomic mass is 10.0. The van der Waals surface area contributed by atoms with Gasteiger partial charge in [-0.05, 0) is 38.5 Å². The quantitative estimate of drug-likeness (QED) is 0.252. The van der Waals surface area contributed by atoms with Crippen LogP contribution in [-0.4, -0.2) is 29.0 Å². The van der Waals surface area contributed by atoms with E-state index in [4.69, 9.17) is 0 Å². The molecule has 0 aromatic rings. The molecule has 0 radical (unpaired) electrons. The van der Waals surface area contributed by atoms with E-state index in [1.807, 2.05) is 0 Å². The van der Waals surface area contributed by atoms with Crippen LogP contribution in [0.3, 0.4) is 0 Å². The number of rotatable bonds is 0. The van der Waals surface area contributed by atoms with Crippen LogP contribution in [-0.2, 0) is 0 Å². The average molecular weight is 642 g/mol. The van der Waals surface area contributed by atoms with Crippen LogP contribution >= 0.6 is 95.6 Å². The van der Waals surface area contributed by atoms with Crippen LogP contribution < -0.4 is 0 Å². The first-order valence-electron chi connectivity index (χ1n) is 6.26. The van der Waals surface area contributed by atoms with Gasteiger partial charge >= 0.3 is 0 Å². The maximum atomic E-state index is 3.82. The third-order valence-electron chi connectivity index (χ3n) is 3.33. The fourth-order valence-corrected chi connectivity index (χ4v) is 5.21. The summed E-state index contributed by atoms with van der Waals surface area (Å²) >= 11 is 22.9. The van der Waals surface area contributed by atoms with Gasteiger partial charge in [0.1, 0.15) is 0 Å². The van der Waals surface area contributed by atoms with Gasteiger partial charge < -0.3 is 0 Å². The van der Waals surface area contributed by atoms with Gasteiger partial charge in [0.05, 0.1) is 0 Å². The minimum absolute atomic E-state index is 0.560. The number of halogens is 6. The zero-order valence-corrected chi connectivity index (χ0v) is 19.5. The molecule has 1 aliphatic rings. The Morgan fingerprint density at radius 3 is 0.556 bits per heavy atom. The third kappa shape index (κ3) is 6.76. The first kappa shape index (κ1) is 18.9. The number of hydrogen-bond donors (Lipinski definition) is 0. The molecule has 1 aliphatic carbocycles. The fourth-order valence-electron chi connectivity index (χ4n) is 2.04. The molecule has 0 amide bonds. The molecule has 0 unspecified atom stereocenters. The Hall–Kier alpha value is 2.88. The van der Waals surface area contributed by atoms with Crippen molar-refractivity contribution in [2.24, 2.45) is 0 Å². The normalized spacial score (nSPS) is 45.0. The minimum atomic E-state index is 0.560. The van der Waals surface area contributed by atoms with Crippen LogP contribution in [0.5, 0.6) is 0 Å². The van der Waals surface area contributed by atoms with Crippen LogP contribution in [0.25, 0.3) is 0 Å². The lowest BCUT2D eigenvalue weighted by Crippen LogP contribution is -2.25. The molecule has 1 rings (SSSR count). The summed E-state index contributed by atoms with van der Waals surface area (Å²) in [6.07, 6.45) is 7.24. The van der Waals surface area contributed by atoms with Gasteiger partial charge in [0.2, 0.25) is 0 Å². The molecule has 18 heavy (non-hydrogen) atoms. The van der Waals surface area contributed by atoms with E-state index in [0.717, 1.165) is 0 Å². The predicted octanol–water partition coefficient (Wildman–Crippen LogP) is 6.92. The summed E-state index contributed by atoms with van der Waals surface area (Å²) in [4.78, 5) is 3.36. The molecule has 1 saturated carbocycles. The van der Waals surface area contributed by atoms with Crippen LogP contribution in [0.4, 0.5) is 0 Å². The molecule has 0 aromatic heterocycles. The van der Waals surface area contributed by atoms with Crippen molar-refractivity contribution in [3.63, 3.8) is 0 Å². The summed E-state index contributed by atoms with van der Waals surface area (Å²) in [6.45, 7) is 0. The standard InChI is InChI=1S/C12H18Br6/c13-7-1-2-8(14)10(16)5-6-12(18)11(17)4-3-9(7)15/h7-12H,1-6H2/t7-,8-,9-,10+,11-,12+/m0/s1. The Bertz CT molecular complexity index is 175. The van der Waals surface area contributed by atoms with E-state index in [1.165, 1.54) is 38.5 Å². The fraction of sp³-hybridized carbons (Fsp3) is 1.00. The summed E-state index contributed by atoms with van der Waals surface area (Å²) in [5, 5.41) is 0. The Kier molecular flexibility index (Phi) is 10.3. The molecule has 0 nitrogen and oxygen atoms in total. The van der Waals surface area contributed by atoms with Crippen molar-refractivity contribution in [1.29, 1.82) is 0 Å². The Morgan fingerprint density at radius 1 is 0.333 bits per heavy atom. The van der Waals surface area contributed by atoms with Gasteiger partial charge in [0, 0.05) is 29.0 Å². The molecule has 0 spiro atoms. The topological polar surface area (TPSA) is 0 Å². The minimum Gasteiger partial charge on any atom is -0.0879 e. The van der Waals surface area contributed by atoms with Crippen molar-refractivity contribution >= 4 is 95.6 Å². The van der Waals surface area contributed by atoms with Crippen molar-refractivity contribution in [1.82, 2.24) is 0 Å². The summed E-state index contributed by atoms with van der Waals surface area (Å²) < 4.78 is 0. The average Bonchev–Trinajstić information content (AvgIpc) is 2.36. The lowest BCUT2D eigenvalue weighted by Gasteiger charge is -2.25. The van der Waals surface area contributed by atoms with E-state index in [0.29, 0.717) is 29.0 Å².